The third-order valence-corrected chi connectivity index (χ3v) is 6.37. The van der Waals surface area contributed by atoms with E-state index in [0.29, 0.717) is 13.1 Å². The monoisotopic (exact) mass is 386 g/mol. The van der Waals surface area contributed by atoms with E-state index in [1.54, 1.807) is 7.11 Å². The molecule has 0 bridgehead atoms. The number of fused-ring (bicyclic) bond motifs is 1. The summed E-state index contributed by atoms with van der Waals surface area (Å²) in [5.74, 6) is 0.878. The largest absolute Gasteiger partial charge is 0.497 e. The highest BCUT2D eigenvalue weighted by molar-refractivity contribution is 5.84. The number of benzene rings is 1. The van der Waals surface area contributed by atoms with Crippen molar-refractivity contribution < 1.29 is 14.3 Å². The molecule has 0 aromatic heterocycles. The van der Waals surface area contributed by atoms with Crippen LogP contribution in [0.1, 0.15) is 37.3 Å². The molecule has 2 N–H and O–H groups in total. The molecule has 1 aromatic rings. The second-order valence-corrected chi connectivity index (χ2v) is 7.98. The molecule has 3 amide bonds. The molecule has 3 aliphatic rings. The first-order valence-electron chi connectivity index (χ1n) is 10.4. The first-order valence-corrected chi connectivity index (χ1v) is 10.4. The second kappa shape index (κ2) is 8.39. The van der Waals surface area contributed by atoms with Gasteiger partial charge in [0.15, 0.2) is 0 Å². The molecule has 3 heterocycles. The van der Waals surface area contributed by atoms with E-state index in [2.05, 4.69) is 27.7 Å². The predicted molar refractivity (Wildman–Crippen MR) is 106 cm³/mol. The highest BCUT2D eigenvalue weighted by Crippen LogP contribution is 2.29. The number of rotatable bonds is 5. The van der Waals surface area contributed by atoms with Gasteiger partial charge in [-0.2, -0.15) is 0 Å². The van der Waals surface area contributed by atoms with E-state index < -0.39 is 0 Å². The fourth-order valence-electron chi connectivity index (χ4n) is 4.85. The van der Waals surface area contributed by atoms with E-state index in [9.17, 15) is 9.59 Å². The summed E-state index contributed by atoms with van der Waals surface area (Å²) in [5, 5.41) is 6.07. The van der Waals surface area contributed by atoms with Gasteiger partial charge in [-0.3, -0.25) is 9.69 Å². The Morgan fingerprint density at radius 2 is 2.11 bits per heavy atom. The second-order valence-electron chi connectivity index (χ2n) is 7.98. The first kappa shape index (κ1) is 19.1. The molecular weight excluding hydrogens is 356 g/mol. The molecule has 3 aliphatic heterocycles. The number of amides is 3. The van der Waals surface area contributed by atoms with E-state index in [1.165, 1.54) is 12.8 Å². The Hall–Kier alpha value is -2.28. The Kier molecular flexibility index (Phi) is 5.71. The highest BCUT2D eigenvalue weighted by Gasteiger charge is 2.42. The number of carbonyl (C=O) groups excluding carboxylic acids is 2. The van der Waals surface area contributed by atoms with Crippen LogP contribution in [0.4, 0.5) is 4.79 Å². The Morgan fingerprint density at radius 3 is 2.89 bits per heavy atom. The number of hydrogen-bond donors (Lipinski definition) is 2. The van der Waals surface area contributed by atoms with Gasteiger partial charge >= 0.3 is 6.03 Å². The summed E-state index contributed by atoms with van der Waals surface area (Å²) in [6.07, 6.45) is 4.14. The molecule has 3 atom stereocenters. The summed E-state index contributed by atoms with van der Waals surface area (Å²) in [6, 6.07) is 8.18. The fraction of sp³-hybridized carbons (Fsp3) is 0.619. The molecule has 0 radical (unpaired) electrons. The number of nitrogens with one attached hydrogen (secondary N) is 2. The average Bonchev–Trinajstić information content (AvgIpc) is 3.39. The SMILES string of the molecule is COc1cccc(C(CNC(=O)N2CCC[C@H]3C(=O)NC[C@H]32)N2CCCC2)c1. The molecular formula is C21H30N4O3. The van der Waals surface area contributed by atoms with Crippen molar-refractivity contribution in [3.63, 3.8) is 0 Å². The van der Waals surface area contributed by atoms with E-state index >= 15 is 0 Å². The quantitative estimate of drug-likeness (QED) is 0.809. The molecule has 0 spiro atoms. The normalized spacial score (nSPS) is 25.9. The van der Waals surface area contributed by atoms with Crippen molar-refractivity contribution in [3.8, 4) is 5.75 Å². The summed E-state index contributed by atoms with van der Waals surface area (Å²) in [4.78, 5) is 29.2. The van der Waals surface area contributed by atoms with Gasteiger partial charge in [0.05, 0.1) is 25.1 Å². The van der Waals surface area contributed by atoms with Crippen LogP contribution in [-0.2, 0) is 4.79 Å². The number of urea groups is 1. The van der Waals surface area contributed by atoms with Crippen LogP contribution in [0, 0.1) is 5.92 Å². The Labute approximate surface area is 166 Å². The van der Waals surface area contributed by atoms with Crippen molar-refractivity contribution in [2.45, 2.75) is 37.8 Å². The van der Waals surface area contributed by atoms with Gasteiger partial charge in [-0.1, -0.05) is 12.1 Å². The number of nitrogens with zero attached hydrogens (tertiary/aromatic N) is 2. The van der Waals surface area contributed by atoms with Gasteiger partial charge in [0.1, 0.15) is 5.75 Å². The molecule has 1 unspecified atom stereocenters. The smallest absolute Gasteiger partial charge is 0.317 e. The van der Waals surface area contributed by atoms with Crippen molar-refractivity contribution in [2.24, 2.45) is 5.92 Å². The minimum absolute atomic E-state index is 0.0108. The van der Waals surface area contributed by atoms with E-state index in [1.807, 2.05) is 17.0 Å². The van der Waals surface area contributed by atoms with Crippen LogP contribution in [0.2, 0.25) is 0 Å². The summed E-state index contributed by atoms with van der Waals surface area (Å²) in [7, 11) is 1.68. The topological polar surface area (TPSA) is 73.9 Å². The number of piperidine rings is 1. The molecule has 7 nitrogen and oxygen atoms in total. The van der Waals surface area contributed by atoms with Crippen molar-refractivity contribution in [1.82, 2.24) is 20.4 Å². The van der Waals surface area contributed by atoms with Gasteiger partial charge in [-0.05, 0) is 56.5 Å². The minimum atomic E-state index is -0.0571. The number of carbonyl (C=O) groups is 2. The van der Waals surface area contributed by atoms with Gasteiger partial charge in [0, 0.05) is 19.6 Å². The molecule has 0 saturated carbocycles. The van der Waals surface area contributed by atoms with Gasteiger partial charge in [0.25, 0.3) is 0 Å². The average molecular weight is 386 g/mol. The third-order valence-electron chi connectivity index (χ3n) is 6.37. The first-order chi connectivity index (χ1) is 13.7. The van der Waals surface area contributed by atoms with Gasteiger partial charge < -0.3 is 20.3 Å². The van der Waals surface area contributed by atoms with Crippen molar-refractivity contribution in [1.29, 1.82) is 0 Å². The van der Waals surface area contributed by atoms with Crippen LogP contribution in [0.15, 0.2) is 24.3 Å². The highest BCUT2D eigenvalue weighted by atomic mass is 16.5. The van der Waals surface area contributed by atoms with Crippen molar-refractivity contribution >= 4 is 11.9 Å². The Morgan fingerprint density at radius 1 is 1.29 bits per heavy atom. The van der Waals surface area contributed by atoms with Crippen molar-refractivity contribution in [3.05, 3.63) is 29.8 Å². The molecule has 152 valence electrons. The van der Waals surface area contributed by atoms with Crippen LogP contribution < -0.4 is 15.4 Å². The standard InChI is InChI=1S/C21H30N4O3/c1-28-16-7-4-6-15(12-16)18(24-9-2-3-10-24)13-23-21(27)25-11-5-8-17-19(25)14-22-20(17)26/h4,6-7,12,17-19H,2-3,5,8-11,13-14H2,1H3,(H,22,26)(H,23,27)/t17-,18?,19-/m1/s1. The third kappa shape index (κ3) is 3.81. The lowest BCUT2D eigenvalue weighted by Crippen LogP contribution is -2.53. The molecule has 1 aromatic carbocycles. The fourth-order valence-corrected chi connectivity index (χ4v) is 4.85. The zero-order valence-corrected chi connectivity index (χ0v) is 16.5. The zero-order chi connectivity index (χ0) is 19.5. The van der Waals surface area contributed by atoms with Crippen LogP contribution in [-0.4, -0.2) is 67.6 Å². The van der Waals surface area contributed by atoms with Crippen molar-refractivity contribution in [2.75, 3.05) is 39.8 Å². The number of ether oxygens (including phenoxy) is 1. The minimum Gasteiger partial charge on any atom is -0.497 e. The van der Waals surface area contributed by atoms with E-state index in [4.69, 9.17) is 4.74 Å². The summed E-state index contributed by atoms with van der Waals surface area (Å²) in [5.41, 5.74) is 1.16. The molecule has 3 fully saturated rings. The maximum atomic E-state index is 13.0. The lowest BCUT2D eigenvalue weighted by molar-refractivity contribution is -0.123. The maximum Gasteiger partial charge on any atom is 0.317 e. The number of likely N-dealkylation sites (tertiary alicyclic amines) is 2. The van der Waals surface area contributed by atoms with Crippen LogP contribution >= 0.6 is 0 Å². The predicted octanol–water partition coefficient (Wildman–Crippen LogP) is 1.75. The van der Waals surface area contributed by atoms with Crippen LogP contribution in [0.5, 0.6) is 5.75 Å². The van der Waals surface area contributed by atoms with E-state index in [0.717, 1.165) is 43.8 Å². The summed E-state index contributed by atoms with van der Waals surface area (Å²) >= 11 is 0. The number of hydrogen-bond acceptors (Lipinski definition) is 4. The molecule has 4 rings (SSSR count). The zero-order valence-electron chi connectivity index (χ0n) is 16.5. The molecule has 28 heavy (non-hydrogen) atoms. The van der Waals surface area contributed by atoms with E-state index in [-0.39, 0.29) is 29.9 Å². The summed E-state index contributed by atoms with van der Waals surface area (Å²) < 4.78 is 5.39. The van der Waals surface area contributed by atoms with Gasteiger partial charge in [-0.25, -0.2) is 4.79 Å². The lowest BCUT2D eigenvalue weighted by Gasteiger charge is -2.36. The molecule has 7 heteroatoms. The van der Waals surface area contributed by atoms with Gasteiger partial charge in [-0.15, -0.1) is 0 Å². The van der Waals surface area contributed by atoms with Crippen LogP contribution in [0.3, 0.4) is 0 Å². The summed E-state index contributed by atoms with van der Waals surface area (Å²) in [6.45, 7) is 3.94. The molecule has 0 aliphatic carbocycles. The molecule has 3 saturated heterocycles. The van der Waals surface area contributed by atoms with Crippen LogP contribution in [0.25, 0.3) is 0 Å². The van der Waals surface area contributed by atoms with Gasteiger partial charge in [0.2, 0.25) is 5.91 Å². The lowest BCUT2D eigenvalue weighted by atomic mass is 9.92. The number of methoxy groups -OCH3 is 1. The Balaban J connectivity index is 1.45. The Bertz CT molecular complexity index is 719. The maximum absolute atomic E-state index is 13.0.